The minimum atomic E-state index is -0.151. The third-order valence-corrected chi connectivity index (χ3v) is 4.15. The van der Waals surface area contributed by atoms with Crippen molar-refractivity contribution >= 4 is 11.6 Å². The Morgan fingerprint density at radius 2 is 1.93 bits per heavy atom. The van der Waals surface area contributed by atoms with Gasteiger partial charge in [0.25, 0.3) is 11.8 Å². The summed E-state index contributed by atoms with van der Waals surface area (Å²) in [5, 5.41) is 15.1. The Bertz CT molecular complexity index is 1120. The topological polar surface area (TPSA) is 98.2 Å². The molecule has 8 nitrogen and oxygen atoms in total. The SMILES string of the molecule is Cc1cc(C)cc(C(=O)NCc2nnc3c(-c4nc(C)no4)cccn23)c1. The van der Waals surface area contributed by atoms with Crippen molar-refractivity contribution in [2.45, 2.75) is 27.3 Å². The van der Waals surface area contributed by atoms with Crippen LogP contribution < -0.4 is 5.32 Å². The number of aromatic nitrogens is 5. The van der Waals surface area contributed by atoms with Crippen molar-refractivity contribution in [2.75, 3.05) is 0 Å². The quantitative estimate of drug-likeness (QED) is 0.599. The average Bonchev–Trinajstić information content (AvgIpc) is 3.25. The second-order valence-corrected chi connectivity index (χ2v) is 6.44. The molecule has 1 aromatic carbocycles. The van der Waals surface area contributed by atoms with Gasteiger partial charge in [0.05, 0.1) is 12.1 Å². The number of nitrogens with zero attached hydrogens (tertiary/aromatic N) is 5. The number of nitrogens with one attached hydrogen (secondary N) is 1. The number of pyridine rings is 1. The van der Waals surface area contributed by atoms with Crippen LogP contribution in [0.3, 0.4) is 0 Å². The van der Waals surface area contributed by atoms with Crippen LogP contribution in [0.4, 0.5) is 0 Å². The van der Waals surface area contributed by atoms with Crippen LogP contribution in [0.2, 0.25) is 0 Å². The van der Waals surface area contributed by atoms with Gasteiger partial charge >= 0.3 is 0 Å². The summed E-state index contributed by atoms with van der Waals surface area (Å²) in [7, 11) is 0. The first kappa shape index (κ1) is 16.9. The Balaban J connectivity index is 1.59. The van der Waals surface area contributed by atoms with E-state index in [4.69, 9.17) is 4.52 Å². The van der Waals surface area contributed by atoms with Crippen LogP contribution in [0.15, 0.2) is 41.1 Å². The molecule has 4 rings (SSSR count). The van der Waals surface area contributed by atoms with Crippen LogP contribution in [0.5, 0.6) is 0 Å². The fourth-order valence-corrected chi connectivity index (χ4v) is 3.02. The Morgan fingerprint density at radius 1 is 1.15 bits per heavy atom. The van der Waals surface area contributed by atoms with Crippen molar-refractivity contribution in [3.8, 4) is 11.5 Å². The van der Waals surface area contributed by atoms with Gasteiger partial charge in [-0.15, -0.1) is 10.2 Å². The number of hydrogen-bond acceptors (Lipinski definition) is 6. The normalized spacial score (nSPS) is 11.1. The molecule has 3 heterocycles. The summed E-state index contributed by atoms with van der Waals surface area (Å²) in [5.74, 6) is 1.40. The lowest BCUT2D eigenvalue weighted by molar-refractivity contribution is 0.0949. The van der Waals surface area contributed by atoms with Crippen LogP contribution in [0.25, 0.3) is 17.1 Å². The van der Waals surface area contributed by atoms with Crippen LogP contribution in [-0.4, -0.2) is 30.6 Å². The molecule has 1 amide bonds. The first-order valence-electron chi connectivity index (χ1n) is 8.51. The van der Waals surface area contributed by atoms with E-state index in [1.807, 2.05) is 50.4 Å². The fourth-order valence-electron chi connectivity index (χ4n) is 3.02. The third-order valence-electron chi connectivity index (χ3n) is 4.15. The zero-order valence-electron chi connectivity index (χ0n) is 15.2. The zero-order valence-corrected chi connectivity index (χ0v) is 15.2. The van der Waals surface area contributed by atoms with Crippen molar-refractivity contribution < 1.29 is 9.32 Å². The molecule has 1 N–H and O–H groups in total. The third kappa shape index (κ3) is 3.29. The molecular formula is C19H18N6O2. The number of carbonyl (C=O) groups excluding carboxylic acids is 1. The lowest BCUT2D eigenvalue weighted by Crippen LogP contribution is -2.24. The molecule has 136 valence electrons. The molecule has 0 aliphatic carbocycles. The molecule has 0 spiro atoms. The van der Waals surface area contributed by atoms with Gasteiger partial charge in [-0.25, -0.2) is 0 Å². The Hall–Kier alpha value is -3.55. The number of hydrogen-bond donors (Lipinski definition) is 1. The van der Waals surface area contributed by atoms with Gasteiger partial charge in [0.1, 0.15) is 0 Å². The zero-order chi connectivity index (χ0) is 19.0. The van der Waals surface area contributed by atoms with E-state index in [2.05, 4.69) is 25.7 Å². The van der Waals surface area contributed by atoms with E-state index >= 15 is 0 Å². The maximum absolute atomic E-state index is 12.5. The molecule has 0 bridgehead atoms. The summed E-state index contributed by atoms with van der Waals surface area (Å²) >= 11 is 0. The predicted octanol–water partition coefficient (Wildman–Crippen LogP) is 2.63. The molecule has 0 fully saturated rings. The maximum Gasteiger partial charge on any atom is 0.261 e. The highest BCUT2D eigenvalue weighted by molar-refractivity contribution is 5.94. The van der Waals surface area contributed by atoms with Crippen molar-refractivity contribution in [2.24, 2.45) is 0 Å². The van der Waals surface area contributed by atoms with Crippen molar-refractivity contribution in [3.05, 3.63) is 64.9 Å². The first-order chi connectivity index (χ1) is 13.0. The number of amides is 1. The molecule has 0 aliphatic rings. The Kier molecular flexibility index (Phi) is 4.15. The molecule has 8 heteroatoms. The van der Waals surface area contributed by atoms with E-state index in [9.17, 15) is 4.79 Å². The lowest BCUT2D eigenvalue weighted by Gasteiger charge is -2.07. The Labute approximate surface area is 155 Å². The summed E-state index contributed by atoms with van der Waals surface area (Å²) in [4.78, 5) is 16.7. The largest absolute Gasteiger partial charge is 0.345 e. The van der Waals surface area contributed by atoms with E-state index < -0.39 is 0 Å². The van der Waals surface area contributed by atoms with Crippen molar-refractivity contribution in [3.63, 3.8) is 0 Å². The number of fused-ring (bicyclic) bond motifs is 1. The van der Waals surface area contributed by atoms with E-state index in [-0.39, 0.29) is 12.5 Å². The molecule has 0 unspecified atom stereocenters. The van der Waals surface area contributed by atoms with Crippen LogP contribution >= 0.6 is 0 Å². The molecule has 3 aromatic heterocycles. The van der Waals surface area contributed by atoms with Gasteiger partial charge < -0.3 is 9.84 Å². The number of rotatable bonds is 4. The maximum atomic E-state index is 12.5. The van der Waals surface area contributed by atoms with Crippen LogP contribution in [-0.2, 0) is 6.54 Å². The summed E-state index contributed by atoms with van der Waals surface area (Å²) in [6.45, 7) is 5.94. The molecule has 27 heavy (non-hydrogen) atoms. The van der Waals surface area contributed by atoms with Gasteiger partial charge in [-0.3, -0.25) is 9.20 Å². The van der Waals surface area contributed by atoms with Gasteiger partial charge in [-0.1, -0.05) is 22.3 Å². The molecule has 0 aliphatic heterocycles. The molecule has 0 saturated carbocycles. The van der Waals surface area contributed by atoms with Gasteiger partial charge in [0.15, 0.2) is 17.3 Å². The summed E-state index contributed by atoms with van der Waals surface area (Å²) < 4.78 is 7.04. The molecule has 0 atom stereocenters. The predicted molar refractivity (Wildman–Crippen MR) is 98.1 cm³/mol. The molecular weight excluding hydrogens is 344 g/mol. The second-order valence-electron chi connectivity index (χ2n) is 6.44. The van der Waals surface area contributed by atoms with Gasteiger partial charge in [-0.05, 0) is 45.0 Å². The van der Waals surface area contributed by atoms with E-state index in [1.54, 1.807) is 11.3 Å². The monoisotopic (exact) mass is 362 g/mol. The highest BCUT2D eigenvalue weighted by Gasteiger charge is 2.16. The van der Waals surface area contributed by atoms with Gasteiger partial charge in [0.2, 0.25) is 0 Å². The Morgan fingerprint density at radius 3 is 2.63 bits per heavy atom. The smallest absolute Gasteiger partial charge is 0.261 e. The standard InChI is InChI=1S/C19H18N6O2/c1-11-7-12(2)9-14(8-11)18(26)20-10-16-22-23-17-15(5-4-6-25(16)17)19-21-13(3)24-27-19/h4-9H,10H2,1-3H3,(H,20,26). The highest BCUT2D eigenvalue weighted by atomic mass is 16.5. The second kappa shape index (κ2) is 6.64. The summed E-state index contributed by atoms with van der Waals surface area (Å²) in [5.41, 5.74) is 4.01. The molecule has 0 saturated heterocycles. The van der Waals surface area contributed by atoms with E-state index in [1.165, 1.54) is 0 Å². The number of carbonyl (C=O) groups is 1. The van der Waals surface area contributed by atoms with E-state index in [0.29, 0.717) is 34.3 Å². The highest BCUT2D eigenvalue weighted by Crippen LogP contribution is 2.22. The van der Waals surface area contributed by atoms with E-state index in [0.717, 1.165) is 11.1 Å². The van der Waals surface area contributed by atoms with Crippen molar-refractivity contribution in [1.82, 2.24) is 30.1 Å². The number of aryl methyl sites for hydroxylation is 3. The molecule has 0 radical (unpaired) electrons. The minimum absolute atomic E-state index is 0.151. The van der Waals surface area contributed by atoms with Crippen LogP contribution in [0.1, 0.15) is 33.1 Å². The average molecular weight is 362 g/mol. The fraction of sp³-hybridized carbons (Fsp3) is 0.211. The lowest BCUT2D eigenvalue weighted by atomic mass is 10.1. The first-order valence-corrected chi connectivity index (χ1v) is 8.51. The number of benzene rings is 1. The van der Waals surface area contributed by atoms with Gasteiger partial charge in [-0.2, -0.15) is 4.98 Å². The molecule has 4 aromatic rings. The summed E-state index contributed by atoms with van der Waals surface area (Å²) in [6.07, 6.45) is 1.83. The minimum Gasteiger partial charge on any atom is -0.345 e. The van der Waals surface area contributed by atoms with Gasteiger partial charge in [0, 0.05) is 11.8 Å². The summed E-state index contributed by atoms with van der Waals surface area (Å²) in [6, 6.07) is 9.44. The van der Waals surface area contributed by atoms with Crippen LogP contribution in [0, 0.1) is 20.8 Å². The van der Waals surface area contributed by atoms with Crippen molar-refractivity contribution in [1.29, 1.82) is 0 Å².